The minimum atomic E-state index is -0.361. The van der Waals surface area contributed by atoms with Crippen molar-refractivity contribution in [1.29, 1.82) is 0 Å². The lowest BCUT2D eigenvalue weighted by atomic mass is 9.96. The van der Waals surface area contributed by atoms with Gasteiger partial charge in [0.05, 0.1) is 5.92 Å². The maximum absolute atomic E-state index is 13.1. The van der Waals surface area contributed by atoms with Gasteiger partial charge in [-0.3, -0.25) is 19.4 Å². The second-order valence-electron chi connectivity index (χ2n) is 8.99. The molecule has 0 aromatic heterocycles. The van der Waals surface area contributed by atoms with Crippen molar-refractivity contribution in [3.05, 3.63) is 71.5 Å². The molecule has 0 saturated carbocycles. The Morgan fingerprint density at radius 2 is 1.61 bits per heavy atom. The van der Waals surface area contributed by atoms with E-state index >= 15 is 0 Å². The van der Waals surface area contributed by atoms with E-state index in [1.165, 1.54) is 29.8 Å². The molecule has 0 radical (unpaired) electrons. The Hall–Kier alpha value is -2.77. The van der Waals surface area contributed by atoms with Crippen molar-refractivity contribution in [3.63, 3.8) is 0 Å². The summed E-state index contributed by atoms with van der Waals surface area (Å²) in [6, 6.07) is 16.1. The number of carbonyl (C=O) groups is 2. The Balaban J connectivity index is 1.16. The number of hydrogen-bond donors (Lipinski definition) is 1. The van der Waals surface area contributed by atoms with Crippen LogP contribution in [0.15, 0.2) is 54.6 Å². The molecule has 2 heterocycles. The summed E-state index contributed by atoms with van der Waals surface area (Å²) < 4.78 is 13.1. The number of piperazine rings is 1. The van der Waals surface area contributed by atoms with Gasteiger partial charge in [-0.25, -0.2) is 4.39 Å². The molecule has 2 aliphatic rings. The van der Waals surface area contributed by atoms with Gasteiger partial charge in [0.2, 0.25) is 5.91 Å². The van der Waals surface area contributed by atoms with Crippen LogP contribution in [0.3, 0.4) is 0 Å². The molecular weight excluding hydrogens is 419 g/mol. The van der Waals surface area contributed by atoms with Crippen LogP contribution in [0.1, 0.15) is 28.8 Å². The number of amides is 2. The summed E-state index contributed by atoms with van der Waals surface area (Å²) in [7, 11) is 0. The first kappa shape index (κ1) is 23.4. The van der Waals surface area contributed by atoms with Crippen LogP contribution in [0, 0.1) is 11.7 Å². The SMILES string of the molecule is O=C(NCCN1CCN(Cc2ccccc2)CC1)C1CCCN(C(=O)c2ccc(F)cc2)C1. The fourth-order valence-electron chi connectivity index (χ4n) is 4.64. The number of benzene rings is 2. The van der Waals surface area contributed by atoms with E-state index in [1.807, 2.05) is 6.07 Å². The number of likely N-dealkylation sites (tertiary alicyclic amines) is 1. The van der Waals surface area contributed by atoms with Crippen LogP contribution in [0.25, 0.3) is 0 Å². The van der Waals surface area contributed by atoms with Crippen LogP contribution < -0.4 is 5.32 Å². The second-order valence-corrected chi connectivity index (χ2v) is 8.99. The van der Waals surface area contributed by atoms with Crippen LogP contribution in [0.2, 0.25) is 0 Å². The number of nitrogens with one attached hydrogen (secondary N) is 1. The third-order valence-corrected chi connectivity index (χ3v) is 6.61. The molecule has 6 nitrogen and oxygen atoms in total. The molecule has 33 heavy (non-hydrogen) atoms. The van der Waals surface area contributed by atoms with Crippen LogP contribution in [0.4, 0.5) is 4.39 Å². The Kier molecular flexibility index (Phi) is 8.07. The molecule has 2 aromatic carbocycles. The summed E-state index contributed by atoms with van der Waals surface area (Å²) in [6.45, 7) is 7.58. The zero-order valence-electron chi connectivity index (χ0n) is 19.1. The van der Waals surface area contributed by atoms with Gasteiger partial charge < -0.3 is 10.2 Å². The van der Waals surface area contributed by atoms with Gasteiger partial charge in [-0.05, 0) is 42.7 Å². The van der Waals surface area contributed by atoms with E-state index in [0.717, 1.165) is 52.1 Å². The highest BCUT2D eigenvalue weighted by molar-refractivity contribution is 5.94. The maximum Gasteiger partial charge on any atom is 0.253 e. The maximum atomic E-state index is 13.1. The predicted octanol–water partition coefficient (Wildman–Crippen LogP) is 2.61. The normalized spacial score (nSPS) is 19.9. The first-order valence-corrected chi connectivity index (χ1v) is 11.9. The van der Waals surface area contributed by atoms with Crippen LogP contribution in [0.5, 0.6) is 0 Å². The van der Waals surface area contributed by atoms with Crippen molar-refractivity contribution < 1.29 is 14.0 Å². The lowest BCUT2D eigenvalue weighted by molar-refractivity contribution is -0.126. The number of carbonyl (C=O) groups excluding carboxylic acids is 2. The fourth-order valence-corrected chi connectivity index (χ4v) is 4.64. The smallest absolute Gasteiger partial charge is 0.253 e. The Morgan fingerprint density at radius 1 is 0.909 bits per heavy atom. The Bertz CT molecular complexity index is 914. The van der Waals surface area contributed by atoms with Crippen molar-refractivity contribution in [2.45, 2.75) is 19.4 Å². The van der Waals surface area contributed by atoms with Crippen molar-refractivity contribution in [2.75, 3.05) is 52.4 Å². The zero-order valence-corrected chi connectivity index (χ0v) is 19.1. The number of halogens is 1. The molecule has 1 atom stereocenters. The van der Waals surface area contributed by atoms with E-state index < -0.39 is 0 Å². The van der Waals surface area contributed by atoms with E-state index in [4.69, 9.17) is 0 Å². The van der Waals surface area contributed by atoms with Gasteiger partial charge >= 0.3 is 0 Å². The molecule has 2 aliphatic heterocycles. The largest absolute Gasteiger partial charge is 0.355 e. The van der Waals surface area contributed by atoms with Gasteiger partial charge in [0, 0.05) is 64.5 Å². The fraction of sp³-hybridized carbons (Fsp3) is 0.462. The van der Waals surface area contributed by atoms with E-state index in [-0.39, 0.29) is 23.5 Å². The highest BCUT2D eigenvalue weighted by Gasteiger charge is 2.29. The van der Waals surface area contributed by atoms with Crippen molar-refractivity contribution >= 4 is 11.8 Å². The quantitative estimate of drug-likeness (QED) is 0.702. The number of hydrogen-bond acceptors (Lipinski definition) is 4. The summed E-state index contributed by atoms with van der Waals surface area (Å²) in [5.41, 5.74) is 1.81. The van der Waals surface area contributed by atoms with Crippen molar-refractivity contribution in [3.8, 4) is 0 Å². The standard InChI is InChI=1S/C26H33FN4O2/c27-24-10-8-22(9-11-24)26(33)31-13-4-7-23(20-31)25(32)28-12-14-29-15-17-30(18-16-29)19-21-5-2-1-3-6-21/h1-3,5-6,8-11,23H,4,7,12-20H2,(H,28,32). The molecule has 2 fully saturated rings. The summed E-state index contributed by atoms with van der Waals surface area (Å²) in [5.74, 6) is -0.666. The van der Waals surface area contributed by atoms with Crippen molar-refractivity contribution in [2.24, 2.45) is 5.92 Å². The summed E-state index contributed by atoms with van der Waals surface area (Å²) >= 11 is 0. The van der Waals surface area contributed by atoms with Crippen LogP contribution >= 0.6 is 0 Å². The average molecular weight is 453 g/mol. The van der Waals surface area contributed by atoms with Gasteiger partial charge in [0.25, 0.3) is 5.91 Å². The average Bonchev–Trinajstić information content (AvgIpc) is 2.86. The summed E-state index contributed by atoms with van der Waals surface area (Å²) in [6.07, 6.45) is 1.59. The third kappa shape index (κ3) is 6.62. The molecule has 7 heteroatoms. The number of rotatable bonds is 7. The summed E-state index contributed by atoms with van der Waals surface area (Å²) in [5, 5.41) is 3.08. The van der Waals surface area contributed by atoms with Crippen LogP contribution in [-0.4, -0.2) is 78.9 Å². The van der Waals surface area contributed by atoms with E-state index in [9.17, 15) is 14.0 Å². The van der Waals surface area contributed by atoms with Gasteiger partial charge in [0.1, 0.15) is 5.82 Å². The topological polar surface area (TPSA) is 55.9 Å². The molecule has 2 saturated heterocycles. The lowest BCUT2D eigenvalue weighted by Gasteiger charge is -2.35. The molecule has 2 amide bonds. The first-order valence-electron chi connectivity index (χ1n) is 11.9. The Morgan fingerprint density at radius 3 is 2.33 bits per heavy atom. The molecule has 0 bridgehead atoms. The second kappa shape index (κ2) is 11.4. The molecule has 1 unspecified atom stereocenters. The third-order valence-electron chi connectivity index (χ3n) is 6.61. The van der Waals surface area contributed by atoms with Gasteiger partial charge in [0.15, 0.2) is 0 Å². The molecule has 0 aliphatic carbocycles. The number of nitrogens with zero attached hydrogens (tertiary/aromatic N) is 3. The van der Waals surface area contributed by atoms with E-state index in [2.05, 4.69) is 39.4 Å². The molecule has 4 rings (SSSR count). The highest BCUT2D eigenvalue weighted by Crippen LogP contribution is 2.19. The lowest BCUT2D eigenvalue weighted by Crippen LogP contribution is -2.49. The highest BCUT2D eigenvalue weighted by atomic mass is 19.1. The number of piperidine rings is 1. The van der Waals surface area contributed by atoms with E-state index in [0.29, 0.717) is 25.2 Å². The molecule has 0 spiro atoms. The first-order chi connectivity index (χ1) is 16.1. The van der Waals surface area contributed by atoms with E-state index in [1.54, 1.807) is 4.90 Å². The molecular formula is C26H33FN4O2. The minimum absolute atomic E-state index is 0.0225. The zero-order chi connectivity index (χ0) is 23.0. The molecule has 1 N–H and O–H groups in total. The van der Waals surface area contributed by atoms with Crippen molar-refractivity contribution in [1.82, 2.24) is 20.0 Å². The summed E-state index contributed by atoms with van der Waals surface area (Å²) in [4.78, 5) is 32.0. The van der Waals surface area contributed by atoms with Gasteiger partial charge in [-0.15, -0.1) is 0 Å². The van der Waals surface area contributed by atoms with Gasteiger partial charge in [-0.1, -0.05) is 30.3 Å². The van der Waals surface area contributed by atoms with Crippen LogP contribution in [-0.2, 0) is 11.3 Å². The van der Waals surface area contributed by atoms with Gasteiger partial charge in [-0.2, -0.15) is 0 Å². The molecule has 2 aromatic rings. The Labute approximate surface area is 195 Å². The minimum Gasteiger partial charge on any atom is -0.355 e. The molecule has 176 valence electrons. The monoisotopic (exact) mass is 452 g/mol. The predicted molar refractivity (Wildman–Crippen MR) is 126 cm³/mol.